The molecule has 1 aromatic heterocycles. The minimum atomic E-state index is -0.540. The molecule has 1 saturated heterocycles. The Morgan fingerprint density at radius 2 is 1.61 bits per heavy atom. The van der Waals surface area contributed by atoms with Crippen molar-refractivity contribution in [3.05, 3.63) is 83.3 Å². The van der Waals surface area contributed by atoms with Crippen LogP contribution in [0.5, 0.6) is 0 Å². The van der Waals surface area contributed by atoms with Gasteiger partial charge in [-0.2, -0.15) is 0 Å². The smallest absolute Gasteiger partial charge is 0.242 e. The van der Waals surface area contributed by atoms with Crippen LogP contribution in [0, 0.1) is 5.92 Å². The number of nitrogens with zero attached hydrogens (tertiary/aromatic N) is 4. The number of rotatable bonds is 2. The summed E-state index contributed by atoms with van der Waals surface area (Å²) in [5.74, 6) is 0.808. The van der Waals surface area contributed by atoms with Crippen LogP contribution in [0.1, 0.15) is 42.7 Å². The SMILES string of the molecule is CC(C)CC1NC(=O)CN2CCN(CC2)Cc2cccc(c2)Cc2cc(ncn2)Nc2cccc(c2)CCNC1=O. The molecule has 41 heavy (non-hydrogen) atoms. The first-order chi connectivity index (χ1) is 19.9. The Labute approximate surface area is 242 Å². The maximum Gasteiger partial charge on any atom is 0.242 e. The van der Waals surface area contributed by atoms with Gasteiger partial charge in [0.05, 0.1) is 12.2 Å². The van der Waals surface area contributed by atoms with Crippen LogP contribution in [0.4, 0.5) is 11.5 Å². The number of piperazine rings is 1. The average Bonchev–Trinajstić information content (AvgIpc) is 2.94. The van der Waals surface area contributed by atoms with E-state index in [1.54, 1.807) is 6.33 Å². The Kier molecular flexibility index (Phi) is 9.59. The second kappa shape index (κ2) is 13.7. The van der Waals surface area contributed by atoms with E-state index in [1.807, 2.05) is 24.3 Å². The zero-order valence-electron chi connectivity index (χ0n) is 24.1. The van der Waals surface area contributed by atoms with Crippen molar-refractivity contribution in [1.29, 1.82) is 0 Å². The molecule has 4 heterocycles. The van der Waals surface area contributed by atoms with Crippen molar-refractivity contribution in [3.63, 3.8) is 0 Å². The summed E-state index contributed by atoms with van der Waals surface area (Å²) in [7, 11) is 0. The van der Waals surface area contributed by atoms with E-state index in [2.05, 4.69) is 79.9 Å². The molecule has 0 spiro atoms. The third-order valence-corrected chi connectivity index (χ3v) is 7.61. The normalized spacial score (nSPS) is 22.3. The molecule has 9 nitrogen and oxygen atoms in total. The van der Waals surface area contributed by atoms with Crippen LogP contribution in [0.3, 0.4) is 0 Å². The van der Waals surface area contributed by atoms with Crippen molar-refractivity contribution in [3.8, 4) is 0 Å². The minimum absolute atomic E-state index is 0.0920. The number of carbonyl (C=O) groups is 2. The number of fused-ring (bicyclic) bond motifs is 9. The molecule has 0 aliphatic carbocycles. The van der Waals surface area contributed by atoms with Crippen LogP contribution in [-0.2, 0) is 29.0 Å². The van der Waals surface area contributed by atoms with E-state index in [1.165, 1.54) is 11.1 Å². The van der Waals surface area contributed by atoms with Crippen molar-refractivity contribution in [2.24, 2.45) is 5.92 Å². The number of hydrogen-bond donors (Lipinski definition) is 3. The fourth-order valence-electron chi connectivity index (χ4n) is 5.53. The molecule has 1 atom stereocenters. The highest BCUT2D eigenvalue weighted by atomic mass is 16.2. The van der Waals surface area contributed by atoms with E-state index in [0.29, 0.717) is 25.9 Å². The highest BCUT2D eigenvalue weighted by Gasteiger charge is 2.24. The Balaban J connectivity index is 1.35. The van der Waals surface area contributed by atoms with Gasteiger partial charge in [0.15, 0.2) is 0 Å². The van der Waals surface area contributed by atoms with Crippen LogP contribution in [-0.4, -0.2) is 76.9 Å². The lowest BCUT2D eigenvalue weighted by atomic mass is 10.0. The van der Waals surface area contributed by atoms with E-state index >= 15 is 0 Å². The number of benzene rings is 2. The van der Waals surface area contributed by atoms with Gasteiger partial charge in [-0.3, -0.25) is 19.4 Å². The summed E-state index contributed by atoms with van der Waals surface area (Å²) in [5.41, 5.74) is 5.47. The van der Waals surface area contributed by atoms with Gasteiger partial charge in [0, 0.05) is 57.4 Å². The van der Waals surface area contributed by atoms with Crippen molar-refractivity contribution in [1.82, 2.24) is 30.4 Å². The topological polar surface area (TPSA) is 102 Å². The highest BCUT2D eigenvalue weighted by molar-refractivity contribution is 5.88. The third kappa shape index (κ3) is 8.58. The molecule has 6 rings (SSSR count). The Hall–Kier alpha value is -3.82. The van der Waals surface area contributed by atoms with Crippen molar-refractivity contribution >= 4 is 23.3 Å². The van der Waals surface area contributed by atoms with Gasteiger partial charge in [0.25, 0.3) is 0 Å². The second-order valence-corrected chi connectivity index (χ2v) is 11.6. The molecule has 9 heteroatoms. The molecule has 2 amide bonds. The molecule has 3 N–H and O–H groups in total. The summed E-state index contributed by atoms with van der Waals surface area (Å²) >= 11 is 0. The fraction of sp³-hybridized carbons (Fsp3) is 0.438. The first-order valence-electron chi connectivity index (χ1n) is 14.7. The molecule has 1 fully saturated rings. The lowest BCUT2D eigenvalue weighted by Crippen LogP contribution is -2.53. The number of carbonyl (C=O) groups excluding carboxylic acids is 2. The van der Waals surface area contributed by atoms with Gasteiger partial charge in [0.2, 0.25) is 11.8 Å². The van der Waals surface area contributed by atoms with Gasteiger partial charge < -0.3 is 16.0 Å². The number of anilines is 2. The molecule has 8 bridgehead atoms. The highest BCUT2D eigenvalue weighted by Crippen LogP contribution is 2.19. The first-order valence-corrected chi connectivity index (χ1v) is 14.7. The Morgan fingerprint density at radius 1 is 0.878 bits per heavy atom. The molecule has 3 aromatic rings. The predicted octanol–water partition coefficient (Wildman–Crippen LogP) is 3.13. The molecule has 0 radical (unpaired) electrons. The quantitative estimate of drug-likeness (QED) is 0.447. The van der Waals surface area contributed by atoms with Gasteiger partial charge in [-0.15, -0.1) is 0 Å². The molecule has 216 valence electrons. The summed E-state index contributed by atoms with van der Waals surface area (Å²) in [6.07, 6.45) is 3.62. The van der Waals surface area contributed by atoms with Gasteiger partial charge in [-0.25, -0.2) is 9.97 Å². The van der Waals surface area contributed by atoms with Gasteiger partial charge in [-0.1, -0.05) is 50.2 Å². The second-order valence-electron chi connectivity index (χ2n) is 11.6. The van der Waals surface area contributed by atoms with Crippen molar-refractivity contribution < 1.29 is 9.59 Å². The number of aromatic nitrogens is 2. The summed E-state index contributed by atoms with van der Waals surface area (Å²) in [5, 5.41) is 9.46. The third-order valence-electron chi connectivity index (χ3n) is 7.61. The molecule has 0 saturated carbocycles. The zero-order valence-corrected chi connectivity index (χ0v) is 24.1. The molecular weight excluding hydrogens is 514 g/mol. The van der Waals surface area contributed by atoms with Crippen LogP contribution in [0.2, 0.25) is 0 Å². The first kappa shape index (κ1) is 28.7. The zero-order chi connectivity index (χ0) is 28.6. The summed E-state index contributed by atoms with van der Waals surface area (Å²) in [6, 6.07) is 18.3. The van der Waals surface area contributed by atoms with Crippen LogP contribution < -0.4 is 16.0 Å². The van der Waals surface area contributed by atoms with E-state index in [0.717, 1.165) is 61.9 Å². The number of hydrogen-bond acceptors (Lipinski definition) is 7. The summed E-state index contributed by atoms with van der Waals surface area (Å²) in [6.45, 7) is 9.25. The standard InChI is InChI=1S/C32H41N7O2/c1-23(2)15-29-32(41)33-10-9-24-5-4-8-27(17-24)36-30-19-28(34-22-35-30)18-25-6-3-7-26(16-25)20-38-11-13-39(14-12-38)21-31(40)37-29/h3-8,16-17,19,22-23,29H,9-15,18,20-21H2,1-2H3,(H,33,41)(H,37,40)(H,34,35,36). The lowest BCUT2D eigenvalue weighted by molar-refractivity contribution is -0.130. The summed E-state index contributed by atoms with van der Waals surface area (Å²) in [4.78, 5) is 39.6. The van der Waals surface area contributed by atoms with Crippen molar-refractivity contribution in [2.45, 2.75) is 45.7 Å². The summed E-state index contributed by atoms with van der Waals surface area (Å²) < 4.78 is 0. The average molecular weight is 556 g/mol. The van der Waals surface area contributed by atoms with Gasteiger partial charge in [-0.05, 0) is 47.6 Å². The molecular formula is C32H41N7O2. The predicted molar refractivity (Wildman–Crippen MR) is 161 cm³/mol. The lowest BCUT2D eigenvalue weighted by Gasteiger charge is -2.34. The van der Waals surface area contributed by atoms with Crippen LogP contribution in [0.15, 0.2) is 60.9 Å². The Bertz CT molecular complexity index is 1340. The Morgan fingerprint density at radius 3 is 2.41 bits per heavy atom. The molecule has 3 aliphatic rings. The van der Waals surface area contributed by atoms with E-state index in [-0.39, 0.29) is 17.7 Å². The van der Waals surface area contributed by atoms with E-state index < -0.39 is 6.04 Å². The fourth-order valence-corrected chi connectivity index (χ4v) is 5.53. The van der Waals surface area contributed by atoms with Crippen molar-refractivity contribution in [2.75, 3.05) is 44.6 Å². The number of amides is 2. The van der Waals surface area contributed by atoms with Crippen LogP contribution in [0.25, 0.3) is 0 Å². The number of nitrogens with one attached hydrogen (secondary N) is 3. The molecule has 1 unspecified atom stereocenters. The minimum Gasteiger partial charge on any atom is -0.354 e. The van der Waals surface area contributed by atoms with E-state index in [4.69, 9.17) is 0 Å². The van der Waals surface area contributed by atoms with Gasteiger partial charge in [0.1, 0.15) is 18.2 Å². The largest absolute Gasteiger partial charge is 0.354 e. The molecule has 2 aromatic carbocycles. The maximum atomic E-state index is 13.1. The maximum absolute atomic E-state index is 13.1. The van der Waals surface area contributed by atoms with E-state index in [9.17, 15) is 9.59 Å². The molecule has 3 aliphatic heterocycles. The monoisotopic (exact) mass is 555 g/mol. The van der Waals surface area contributed by atoms with Crippen LogP contribution >= 0.6 is 0 Å². The van der Waals surface area contributed by atoms with Gasteiger partial charge >= 0.3 is 0 Å².